The maximum absolute atomic E-state index is 12.2. The molecule has 0 aliphatic heterocycles. The lowest BCUT2D eigenvalue weighted by Crippen LogP contribution is -2.49. The predicted molar refractivity (Wildman–Crippen MR) is 100 cm³/mol. The van der Waals surface area contributed by atoms with Crippen LogP contribution < -0.4 is 10.6 Å². The molecule has 0 aliphatic carbocycles. The highest BCUT2D eigenvalue weighted by atomic mass is 32.2. The monoisotopic (exact) mass is 376 g/mol. The summed E-state index contributed by atoms with van der Waals surface area (Å²) in [5.41, 5.74) is 2.69. The lowest BCUT2D eigenvalue weighted by Gasteiger charge is -2.21. The predicted octanol–water partition coefficient (Wildman–Crippen LogP) is 2.38. The SMILES string of the molecule is Cc1ccc(-n2nnnc2S[C@H](C)C(=O)NC(=O)NC(C)(C)C)cc1C. The zero-order valence-electron chi connectivity index (χ0n) is 15.8. The van der Waals surface area contributed by atoms with Gasteiger partial charge in [0.1, 0.15) is 0 Å². The van der Waals surface area contributed by atoms with Gasteiger partial charge in [-0.2, -0.15) is 4.68 Å². The molecule has 2 rings (SSSR count). The number of hydrogen-bond donors (Lipinski definition) is 2. The molecule has 1 heterocycles. The van der Waals surface area contributed by atoms with E-state index < -0.39 is 22.7 Å². The van der Waals surface area contributed by atoms with Gasteiger partial charge in [0.25, 0.3) is 0 Å². The van der Waals surface area contributed by atoms with Gasteiger partial charge < -0.3 is 5.32 Å². The molecule has 0 aliphatic rings. The fourth-order valence-electron chi connectivity index (χ4n) is 2.07. The minimum absolute atomic E-state index is 0.411. The van der Waals surface area contributed by atoms with Crippen molar-refractivity contribution in [1.29, 1.82) is 0 Å². The average molecular weight is 376 g/mol. The average Bonchev–Trinajstić information content (AvgIpc) is 2.96. The van der Waals surface area contributed by atoms with Gasteiger partial charge in [0.05, 0.1) is 10.9 Å². The van der Waals surface area contributed by atoms with E-state index in [1.165, 1.54) is 17.3 Å². The molecule has 0 fully saturated rings. The molecule has 8 nitrogen and oxygen atoms in total. The first-order valence-electron chi connectivity index (χ1n) is 8.22. The normalized spacial score (nSPS) is 12.5. The molecule has 0 saturated heterocycles. The van der Waals surface area contributed by atoms with Crippen LogP contribution in [-0.4, -0.2) is 42.9 Å². The van der Waals surface area contributed by atoms with E-state index in [1.807, 2.05) is 52.8 Å². The number of thioether (sulfide) groups is 1. The largest absolute Gasteiger partial charge is 0.333 e. The number of carbonyl (C=O) groups excluding carboxylic acids is 2. The molecule has 140 valence electrons. The molecular formula is C17H24N6O2S. The Labute approximate surface area is 157 Å². The molecule has 2 aromatic rings. The molecule has 0 bridgehead atoms. The summed E-state index contributed by atoms with van der Waals surface area (Å²) >= 11 is 1.18. The lowest BCUT2D eigenvalue weighted by atomic mass is 10.1. The zero-order valence-corrected chi connectivity index (χ0v) is 16.6. The van der Waals surface area contributed by atoms with Crippen molar-refractivity contribution in [2.75, 3.05) is 0 Å². The lowest BCUT2D eigenvalue weighted by molar-refractivity contribution is -0.119. The van der Waals surface area contributed by atoms with Gasteiger partial charge in [0.15, 0.2) is 0 Å². The highest BCUT2D eigenvalue weighted by molar-refractivity contribution is 8.00. The van der Waals surface area contributed by atoms with Crippen molar-refractivity contribution in [3.05, 3.63) is 29.3 Å². The number of hydrogen-bond acceptors (Lipinski definition) is 6. The third kappa shape index (κ3) is 5.29. The number of tetrazole rings is 1. The molecule has 0 radical (unpaired) electrons. The highest BCUT2D eigenvalue weighted by Crippen LogP contribution is 2.23. The number of carbonyl (C=O) groups is 2. The molecule has 1 aromatic carbocycles. The summed E-state index contributed by atoms with van der Waals surface area (Å²) in [5, 5.41) is 16.7. The number of nitrogens with one attached hydrogen (secondary N) is 2. The van der Waals surface area contributed by atoms with E-state index in [9.17, 15) is 9.59 Å². The van der Waals surface area contributed by atoms with Crippen molar-refractivity contribution in [2.24, 2.45) is 0 Å². The first kappa shape index (κ1) is 19.9. The van der Waals surface area contributed by atoms with Gasteiger partial charge in [-0.25, -0.2) is 4.79 Å². The van der Waals surface area contributed by atoms with Crippen LogP contribution >= 0.6 is 11.8 Å². The van der Waals surface area contributed by atoms with Crippen LogP contribution in [0.25, 0.3) is 5.69 Å². The number of rotatable bonds is 4. The summed E-state index contributed by atoms with van der Waals surface area (Å²) in [5.74, 6) is -0.411. The fourth-order valence-corrected chi connectivity index (χ4v) is 2.88. The van der Waals surface area contributed by atoms with Crippen LogP contribution in [0.5, 0.6) is 0 Å². The number of aromatic nitrogens is 4. The zero-order chi connectivity index (χ0) is 19.5. The van der Waals surface area contributed by atoms with E-state index in [0.717, 1.165) is 11.3 Å². The van der Waals surface area contributed by atoms with E-state index in [1.54, 1.807) is 11.6 Å². The van der Waals surface area contributed by atoms with Crippen molar-refractivity contribution >= 4 is 23.7 Å². The van der Waals surface area contributed by atoms with Crippen molar-refractivity contribution < 1.29 is 9.59 Å². The summed E-state index contributed by atoms with van der Waals surface area (Å²) in [7, 11) is 0. The second-order valence-electron chi connectivity index (χ2n) is 7.10. The molecule has 0 unspecified atom stereocenters. The van der Waals surface area contributed by atoms with Gasteiger partial charge in [-0.15, -0.1) is 5.10 Å². The van der Waals surface area contributed by atoms with Crippen molar-refractivity contribution in [3.63, 3.8) is 0 Å². The smallest absolute Gasteiger partial charge is 0.321 e. The topological polar surface area (TPSA) is 102 Å². The number of urea groups is 1. The summed E-state index contributed by atoms with van der Waals surface area (Å²) in [4.78, 5) is 24.1. The molecular weight excluding hydrogens is 352 g/mol. The number of imide groups is 1. The first-order chi connectivity index (χ1) is 12.1. The molecule has 2 N–H and O–H groups in total. The Balaban J connectivity index is 2.07. The number of aryl methyl sites for hydroxylation is 2. The van der Waals surface area contributed by atoms with Gasteiger partial charge >= 0.3 is 6.03 Å². The van der Waals surface area contributed by atoms with Gasteiger partial charge in [0, 0.05) is 5.54 Å². The van der Waals surface area contributed by atoms with E-state index in [-0.39, 0.29) is 0 Å². The number of nitrogens with zero attached hydrogens (tertiary/aromatic N) is 4. The van der Waals surface area contributed by atoms with E-state index >= 15 is 0 Å². The Morgan fingerprint density at radius 3 is 2.50 bits per heavy atom. The third-order valence-electron chi connectivity index (χ3n) is 3.55. The van der Waals surface area contributed by atoms with Crippen molar-refractivity contribution in [1.82, 2.24) is 30.8 Å². The molecule has 1 atom stereocenters. The summed E-state index contributed by atoms with van der Waals surface area (Å²) in [6.07, 6.45) is 0. The van der Waals surface area contributed by atoms with Crippen LogP contribution in [0.2, 0.25) is 0 Å². The van der Waals surface area contributed by atoms with Gasteiger partial charge in [-0.3, -0.25) is 10.1 Å². The third-order valence-corrected chi connectivity index (χ3v) is 4.59. The van der Waals surface area contributed by atoms with Crippen molar-refractivity contribution in [3.8, 4) is 5.69 Å². The van der Waals surface area contributed by atoms with Crippen LogP contribution in [0.15, 0.2) is 23.4 Å². The number of amides is 3. The Hall–Kier alpha value is -2.42. The standard InChI is InChI=1S/C17H24N6O2S/c1-10-7-8-13(9-11(10)2)23-16(20-21-22-23)26-12(3)14(24)18-15(25)19-17(4,5)6/h7-9,12H,1-6H3,(H2,18,19,24,25)/t12-/m1/s1. The molecule has 0 saturated carbocycles. The Morgan fingerprint density at radius 1 is 1.19 bits per heavy atom. The molecule has 0 spiro atoms. The maximum atomic E-state index is 12.2. The van der Waals surface area contributed by atoms with Gasteiger partial charge in [-0.1, -0.05) is 17.8 Å². The molecule has 9 heteroatoms. The van der Waals surface area contributed by atoms with Crippen LogP contribution in [-0.2, 0) is 4.79 Å². The second-order valence-corrected chi connectivity index (χ2v) is 8.40. The minimum atomic E-state index is -0.544. The Morgan fingerprint density at radius 2 is 1.88 bits per heavy atom. The van der Waals surface area contributed by atoms with Gasteiger partial charge in [-0.05, 0) is 75.2 Å². The fraction of sp³-hybridized carbons (Fsp3) is 0.471. The van der Waals surface area contributed by atoms with Crippen molar-refractivity contribution in [2.45, 2.75) is 57.5 Å². The second kappa shape index (κ2) is 7.86. The Bertz CT molecular complexity index is 812. The summed E-state index contributed by atoms with van der Waals surface area (Å²) < 4.78 is 1.58. The van der Waals surface area contributed by atoms with E-state index in [0.29, 0.717) is 5.16 Å². The van der Waals surface area contributed by atoms with Crippen LogP contribution in [0.4, 0.5) is 4.79 Å². The van der Waals surface area contributed by atoms with Gasteiger partial charge in [0.2, 0.25) is 11.1 Å². The molecule has 26 heavy (non-hydrogen) atoms. The number of benzene rings is 1. The van der Waals surface area contributed by atoms with Crippen LogP contribution in [0.1, 0.15) is 38.8 Å². The first-order valence-corrected chi connectivity index (χ1v) is 9.10. The Kier molecular flexibility index (Phi) is 6.01. The molecule has 1 aromatic heterocycles. The maximum Gasteiger partial charge on any atom is 0.321 e. The highest BCUT2D eigenvalue weighted by Gasteiger charge is 2.22. The van der Waals surface area contributed by atoms with Crippen LogP contribution in [0.3, 0.4) is 0 Å². The van der Waals surface area contributed by atoms with Crippen LogP contribution in [0, 0.1) is 13.8 Å². The summed E-state index contributed by atoms with van der Waals surface area (Å²) in [6.45, 7) is 11.3. The molecule has 3 amide bonds. The van der Waals surface area contributed by atoms with E-state index in [2.05, 4.69) is 26.2 Å². The minimum Gasteiger partial charge on any atom is -0.333 e. The quantitative estimate of drug-likeness (QED) is 0.795. The van der Waals surface area contributed by atoms with E-state index in [4.69, 9.17) is 0 Å². The summed E-state index contributed by atoms with van der Waals surface area (Å²) in [6, 6.07) is 5.37.